The van der Waals surface area contributed by atoms with E-state index in [1.54, 1.807) is 4.90 Å². The summed E-state index contributed by atoms with van der Waals surface area (Å²) in [5.74, 6) is -0.422. The monoisotopic (exact) mass is 475 g/mol. The number of aliphatic hydroxyl groups is 2. The van der Waals surface area contributed by atoms with Crippen molar-refractivity contribution in [1.82, 2.24) is 9.88 Å². The molecule has 3 N–H and O–H groups in total. The third kappa shape index (κ3) is 5.74. The number of anilines is 1. The van der Waals surface area contributed by atoms with Gasteiger partial charge in [-0.05, 0) is 43.2 Å². The smallest absolute Gasteiger partial charge is 0.393 e. The first-order valence-corrected chi connectivity index (χ1v) is 10.2. The van der Waals surface area contributed by atoms with Crippen LogP contribution in [0.2, 0.25) is 5.02 Å². The summed E-state index contributed by atoms with van der Waals surface area (Å²) in [6.07, 6.45) is -4.27. The molecule has 1 aromatic carbocycles. The third-order valence-corrected chi connectivity index (χ3v) is 5.64. The van der Waals surface area contributed by atoms with E-state index in [0.717, 1.165) is 12.1 Å². The summed E-state index contributed by atoms with van der Waals surface area (Å²) in [4.78, 5) is 18.0. The van der Waals surface area contributed by atoms with Gasteiger partial charge in [0.05, 0.1) is 29.4 Å². The van der Waals surface area contributed by atoms with E-state index in [0.29, 0.717) is 0 Å². The van der Waals surface area contributed by atoms with Crippen LogP contribution in [-0.4, -0.2) is 52.2 Å². The van der Waals surface area contributed by atoms with Crippen LogP contribution in [-0.2, 0) is 16.6 Å². The number of carbonyl (C=O) groups is 1. The Morgan fingerprint density at radius 1 is 1.25 bits per heavy atom. The van der Waals surface area contributed by atoms with Crippen molar-refractivity contribution in [2.45, 2.75) is 30.8 Å². The number of nitrogens with zero attached hydrogens (tertiary/aromatic N) is 2. The number of aliphatic hydroxyl groups excluding tert-OH is 2. The summed E-state index contributed by atoms with van der Waals surface area (Å²) in [5.41, 5.74) is -2.05. The minimum atomic E-state index is -4.45. The van der Waals surface area contributed by atoms with E-state index in [1.807, 2.05) is 0 Å². The fourth-order valence-corrected chi connectivity index (χ4v) is 3.86. The number of aromatic nitrogens is 1. The second-order valence-electron chi connectivity index (χ2n) is 7.66. The maximum Gasteiger partial charge on any atom is 0.416 e. The van der Waals surface area contributed by atoms with Crippen LogP contribution < -0.4 is 5.32 Å². The molecule has 3 rings (SSSR count). The molecule has 1 aliphatic heterocycles. The zero-order valence-corrected chi connectivity index (χ0v) is 17.6. The van der Waals surface area contributed by atoms with Gasteiger partial charge in [0.25, 0.3) is 0 Å². The van der Waals surface area contributed by atoms with Gasteiger partial charge >= 0.3 is 6.18 Å². The standard InChI is InChI=1S/C21H22ClF4N3O3/c22-16-9-13(17(31)12-30)10-27-19(16)20(23)5-7-29(8-6-20)11-18(32)28-15-3-1-14(2-4-15)21(24,25)26/h1-4,9-10,17,30-31H,5-8,11-12H2,(H,28,32)/t17-/m1/s1. The van der Waals surface area contributed by atoms with Crippen LogP contribution in [0, 0.1) is 0 Å². The number of nitrogens with one attached hydrogen (secondary N) is 1. The average molecular weight is 476 g/mol. The number of pyridine rings is 1. The Morgan fingerprint density at radius 3 is 2.41 bits per heavy atom. The van der Waals surface area contributed by atoms with Gasteiger partial charge in [-0.2, -0.15) is 13.2 Å². The molecule has 0 aliphatic carbocycles. The molecule has 1 aliphatic rings. The van der Waals surface area contributed by atoms with Gasteiger partial charge in [0.2, 0.25) is 5.91 Å². The van der Waals surface area contributed by atoms with Gasteiger partial charge in [-0.15, -0.1) is 0 Å². The number of piperidine rings is 1. The molecule has 174 valence electrons. The van der Waals surface area contributed by atoms with Crippen molar-refractivity contribution >= 4 is 23.2 Å². The van der Waals surface area contributed by atoms with Crippen LogP contribution in [0.25, 0.3) is 0 Å². The van der Waals surface area contributed by atoms with Crippen LogP contribution in [0.15, 0.2) is 36.5 Å². The Morgan fingerprint density at radius 2 is 1.88 bits per heavy atom. The van der Waals surface area contributed by atoms with E-state index in [4.69, 9.17) is 16.7 Å². The molecule has 1 fully saturated rings. The van der Waals surface area contributed by atoms with Gasteiger partial charge in [0.15, 0.2) is 5.67 Å². The molecule has 2 aromatic rings. The number of benzene rings is 1. The van der Waals surface area contributed by atoms with Crippen LogP contribution in [0.5, 0.6) is 0 Å². The maximum atomic E-state index is 15.5. The van der Waals surface area contributed by atoms with Crippen molar-refractivity contribution in [3.05, 3.63) is 58.4 Å². The van der Waals surface area contributed by atoms with E-state index < -0.39 is 36.0 Å². The fourth-order valence-electron chi connectivity index (χ4n) is 3.52. The number of rotatable bonds is 6. The molecule has 0 radical (unpaired) electrons. The predicted molar refractivity (Wildman–Crippen MR) is 110 cm³/mol. The molecule has 1 saturated heterocycles. The Labute approximate surface area is 186 Å². The number of hydrogen-bond acceptors (Lipinski definition) is 5. The van der Waals surface area contributed by atoms with Gasteiger partial charge in [0, 0.05) is 30.5 Å². The SMILES string of the molecule is O=C(CN1CCC(F)(c2ncc([C@H](O)CO)cc2Cl)CC1)Nc1ccc(C(F)(F)F)cc1. The lowest BCUT2D eigenvalue weighted by atomic mass is 9.89. The molecule has 0 spiro atoms. The molecular weight excluding hydrogens is 454 g/mol. The summed E-state index contributed by atoms with van der Waals surface area (Å²) < 4.78 is 53.3. The molecule has 2 heterocycles. The molecule has 1 amide bonds. The zero-order valence-electron chi connectivity index (χ0n) is 16.9. The first-order valence-electron chi connectivity index (χ1n) is 9.85. The van der Waals surface area contributed by atoms with Crippen LogP contribution >= 0.6 is 11.6 Å². The molecule has 11 heteroatoms. The number of hydrogen-bond donors (Lipinski definition) is 3. The lowest BCUT2D eigenvalue weighted by molar-refractivity contribution is -0.137. The van der Waals surface area contributed by atoms with Crippen molar-refractivity contribution in [1.29, 1.82) is 0 Å². The number of alkyl halides is 4. The molecule has 6 nitrogen and oxygen atoms in total. The Bertz CT molecular complexity index is 948. The number of amides is 1. The minimum absolute atomic E-state index is 0.0369. The normalized spacial score (nSPS) is 17.7. The second kappa shape index (κ2) is 9.70. The minimum Gasteiger partial charge on any atom is -0.393 e. The summed E-state index contributed by atoms with van der Waals surface area (Å²) >= 11 is 6.16. The van der Waals surface area contributed by atoms with Gasteiger partial charge in [0.1, 0.15) is 6.10 Å². The van der Waals surface area contributed by atoms with Crippen LogP contribution in [0.3, 0.4) is 0 Å². The summed E-state index contributed by atoms with van der Waals surface area (Å²) in [6, 6.07) is 5.49. The number of likely N-dealkylation sites (tertiary alicyclic amines) is 1. The largest absolute Gasteiger partial charge is 0.416 e. The highest BCUT2D eigenvalue weighted by atomic mass is 35.5. The first kappa shape index (κ1) is 24.4. The Balaban J connectivity index is 1.55. The van der Waals surface area contributed by atoms with Crippen molar-refractivity contribution in [3.63, 3.8) is 0 Å². The summed E-state index contributed by atoms with van der Waals surface area (Å²) in [6.45, 7) is -0.0621. The molecule has 1 atom stereocenters. The topological polar surface area (TPSA) is 85.7 Å². The molecule has 0 saturated carbocycles. The van der Waals surface area contributed by atoms with Gasteiger partial charge in [-0.25, -0.2) is 4.39 Å². The highest BCUT2D eigenvalue weighted by Crippen LogP contribution is 2.39. The van der Waals surface area contributed by atoms with Gasteiger partial charge in [-0.3, -0.25) is 14.7 Å². The maximum absolute atomic E-state index is 15.5. The van der Waals surface area contributed by atoms with E-state index in [2.05, 4.69) is 10.3 Å². The Hall–Kier alpha value is -2.27. The second-order valence-corrected chi connectivity index (χ2v) is 8.07. The average Bonchev–Trinajstić information content (AvgIpc) is 2.74. The highest BCUT2D eigenvalue weighted by Gasteiger charge is 2.39. The lowest BCUT2D eigenvalue weighted by Gasteiger charge is -2.36. The van der Waals surface area contributed by atoms with Gasteiger partial charge in [-0.1, -0.05) is 11.6 Å². The van der Waals surface area contributed by atoms with Crippen LogP contribution in [0.4, 0.5) is 23.2 Å². The molecule has 1 aromatic heterocycles. The predicted octanol–water partition coefficient (Wildman–Crippen LogP) is 3.68. The molecular formula is C21H22ClF4N3O3. The zero-order chi connectivity index (χ0) is 23.5. The fraction of sp³-hybridized carbons (Fsp3) is 0.429. The highest BCUT2D eigenvalue weighted by molar-refractivity contribution is 6.31. The third-order valence-electron chi connectivity index (χ3n) is 5.36. The Kier molecular flexibility index (Phi) is 7.39. The van der Waals surface area contributed by atoms with Crippen LogP contribution in [0.1, 0.15) is 35.8 Å². The van der Waals surface area contributed by atoms with Crippen molar-refractivity contribution in [2.75, 3.05) is 31.6 Å². The summed E-state index contributed by atoms with van der Waals surface area (Å²) in [5, 5.41) is 21.2. The number of carbonyl (C=O) groups excluding carboxylic acids is 1. The van der Waals surface area contributed by atoms with Crippen molar-refractivity contribution in [3.8, 4) is 0 Å². The number of halogens is 5. The van der Waals surface area contributed by atoms with E-state index in [9.17, 15) is 23.1 Å². The van der Waals surface area contributed by atoms with E-state index in [-0.39, 0.29) is 54.4 Å². The first-order chi connectivity index (χ1) is 15.0. The summed E-state index contributed by atoms with van der Waals surface area (Å²) in [7, 11) is 0. The quantitative estimate of drug-likeness (QED) is 0.555. The molecule has 0 unspecified atom stereocenters. The van der Waals surface area contributed by atoms with E-state index >= 15 is 4.39 Å². The lowest BCUT2D eigenvalue weighted by Crippen LogP contribution is -2.44. The molecule has 32 heavy (non-hydrogen) atoms. The van der Waals surface area contributed by atoms with E-state index in [1.165, 1.54) is 24.4 Å². The van der Waals surface area contributed by atoms with Crippen molar-refractivity contribution in [2.24, 2.45) is 0 Å². The van der Waals surface area contributed by atoms with Gasteiger partial charge < -0.3 is 15.5 Å². The molecule has 0 bridgehead atoms. The van der Waals surface area contributed by atoms with Crippen molar-refractivity contribution < 1.29 is 32.6 Å².